The smallest absolute Gasteiger partial charge is 0.224 e. The Morgan fingerprint density at radius 1 is 1.27 bits per heavy atom. The number of rotatable bonds is 6. The summed E-state index contributed by atoms with van der Waals surface area (Å²) in [6, 6.07) is 5.52. The van der Waals surface area contributed by atoms with Gasteiger partial charge in [-0.2, -0.15) is 0 Å². The first-order valence-electron chi connectivity index (χ1n) is 9.29. The van der Waals surface area contributed by atoms with Gasteiger partial charge < -0.3 is 10.6 Å². The van der Waals surface area contributed by atoms with Gasteiger partial charge in [0.15, 0.2) is 9.84 Å². The fraction of sp³-hybridized carbons (Fsp3) is 0.579. The van der Waals surface area contributed by atoms with Crippen LogP contribution < -0.4 is 10.6 Å². The van der Waals surface area contributed by atoms with Gasteiger partial charge >= 0.3 is 0 Å². The van der Waals surface area contributed by atoms with Crippen molar-refractivity contribution in [1.29, 1.82) is 0 Å². The molecule has 142 valence electrons. The maximum Gasteiger partial charge on any atom is 0.224 e. The van der Waals surface area contributed by atoms with Crippen molar-refractivity contribution in [3.05, 3.63) is 29.3 Å². The van der Waals surface area contributed by atoms with Crippen LogP contribution in [0.25, 0.3) is 0 Å². The van der Waals surface area contributed by atoms with Crippen LogP contribution in [0, 0.1) is 0 Å². The molecule has 0 unspecified atom stereocenters. The molecule has 1 fully saturated rings. The average molecular weight is 378 g/mol. The highest BCUT2D eigenvalue weighted by Crippen LogP contribution is 2.27. The summed E-state index contributed by atoms with van der Waals surface area (Å²) < 4.78 is 24.5. The molecule has 0 aromatic heterocycles. The van der Waals surface area contributed by atoms with Crippen LogP contribution in [0.4, 0.5) is 5.69 Å². The number of hydrogen-bond acceptors (Lipinski definition) is 4. The third-order valence-corrected chi connectivity index (χ3v) is 7.59. The highest BCUT2D eigenvalue weighted by molar-refractivity contribution is 7.92. The second-order valence-electron chi connectivity index (χ2n) is 7.28. The molecule has 1 aromatic rings. The van der Waals surface area contributed by atoms with Crippen LogP contribution in [0.1, 0.15) is 62.6 Å². The molecular weight excluding hydrogens is 352 g/mol. The van der Waals surface area contributed by atoms with Gasteiger partial charge in [0, 0.05) is 18.5 Å². The first-order valence-corrected chi connectivity index (χ1v) is 11.0. The van der Waals surface area contributed by atoms with Crippen molar-refractivity contribution in [3.8, 4) is 0 Å². The second kappa shape index (κ2) is 7.78. The van der Waals surface area contributed by atoms with Crippen LogP contribution >= 0.6 is 0 Å². The summed E-state index contributed by atoms with van der Waals surface area (Å²) >= 11 is 0. The van der Waals surface area contributed by atoms with E-state index in [0.717, 1.165) is 42.5 Å². The summed E-state index contributed by atoms with van der Waals surface area (Å²) in [5.74, 6) is -0.299. The molecule has 2 amide bonds. The molecule has 26 heavy (non-hydrogen) atoms. The summed E-state index contributed by atoms with van der Waals surface area (Å²) in [7, 11) is -3.17. The standard InChI is InChI=1S/C19H26N2O4S/c1-13(14-6-8-17-15(12-14)7-9-18(22)21-17)20-19(23)10-11-26(24,25)16-4-2-3-5-16/h6,8,12-13,16H,2-5,7,9-11H2,1H3,(H,20,23)(H,21,22)/t13-/m1/s1. The van der Waals surface area contributed by atoms with Gasteiger partial charge in [0.25, 0.3) is 0 Å². The topological polar surface area (TPSA) is 92.3 Å². The van der Waals surface area contributed by atoms with Crippen LogP contribution in [0.15, 0.2) is 18.2 Å². The van der Waals surface area contributed by atoms with E-state index in [9.17, 15) is 18.0 Å². The summed E-state index contributed by atoms with van der Waals surface area (Å²) in [5.41, 5.74) is 2.84. The third-order valence-electron chi connectivity index (χ3n) is 5.33. The monoisotopic (exact) mass is 378 g/mol. The van der Waals surface area contributed by atoms with E-state index in [1.54, 1.807) is 0 Å². The van der Waals surface area contributed by atoms with Crippen molar-refractivity contribution in [2.24, 2.45) is 0 Å². The number of fused-ring (bicyclic) bond motifs is 1. The normalized spacial score (nSPS) is 18.9. The van der Waals surface area contributed by atoms with Gasteiger partial charge in [-0.15, -0.1) is 0 Å². The molecule has 1 atom stereocenters. The number of anilines is 1. The molecule has 0 bridgehead atoms. The summed E-state index contributed by atoms with van der Waals surface area (Å²) in [6.07, 6.45) is 4.55. The zero-order valence-electron chi connectivity index (χ0n) is 15.1. The van der Waals surface area contributed by atoms with Gasteiger partial charge in [0.2, 0.25) is 11.8 Å². The molecule has 0 radical (unpaired) electrons. The van der Waals surface area contributed by atoms with Gasteiger partial charge in [-0.3, -0.25) is 9.59 Å². The first-order chi connectivity index (χ1) is 12.3. The number of benzene rings is 1. The minimum Gasteiger partial charge on any atom is -0.350 e. The van der Waals surface area contributed by atoms with Crippen molar-refractivity contribution in [1.82, 2.24) is 5.32 Å². The predicted molar refractivity (Wildman–Crippen MR) is 101 cm³/mol. The second-order valence-corrected chi connectivity index (χ2v) is 9.68. The number of amides is 2. The Hall–Kier alpha value is -1.89. The highest BCUT2D eigenvalue weighted by Gasteiger charge is 2.29. The minimum absolute atomic E-state index is 0.00414. The lowest BCUT2D eigenvalue weighted by Crippen LogP contribution is -2.30. The zero-order chi connectivity index (χ0) is 18.7. The van der Waals surface area contributed by atoms with E-state index in [0.29, 0.717) is 12.8 Å². The molecule has 1 heterocycles. The number of aryl methyl sites for hydroxylation is 1. The fourth-order valence-corrected chi connectivity index (χ4v) is 5.57. The minimum atomic E-state index is -3.17. The number of hydrogen-bond donors (Lipinski definition) is 2. The summed E-state index contributed by atoms with van der Waals surface area (Å²) in [5, 5.41) is 5.46. The van der Waals surface area contributed by atoms with E-state index < -0.39 is 9.84 Å². The Kier molecular flexibility index (Phi) is 5.65. The number of sulfone groups is 1. The van der Waals surface area contributed by atoms with Crippen molar-refractivity contribution in [2.45, 2.75) is 63.2 Å². The molecule has 1 aliphatic heterocycles. The molecule has 1 aliphatic carbocycles. The van der Waals surface area contributed by atoms with Crippen molar-refractivity contribution >= 4 is 27.3 Å². The lowest BCUT2D eigenvalue weighted by molar-refractivity contribution is -0.121. The number of carbonyl (C=O) groups excluding carboxylic acids is 2. The van der Waals surface area contributed by atoms with Gasteiger partial charge in [-0.25, -0.2) is 8.42 Å². The van der Waals surface area contributed by atoms with Crippen molar-refractivity contribution in [2.75, 3.05) is 11.1 Å². The molecule has 7 heteroatoms. The van der Waals surface area contributed by atoms with Crippen LogP contribution in [0.2, 0.25) is 0 Å². The Morgan fingerprint density at radius 3 is 2.73 bits per heavy atom. The van der Waals surface area contributed by atoms with E-state index in [-0.39, 0.29) is 35.3 Å². The maximum atomic E-state index is 12.3. The zero-order valence-corrected chi connectivity index (χ0v) is 15.9. The quantitative estimate of drug-likeness (QED) is 0.795. The van der Waals surface area contributed by atoms with Crippen molar-refractivity contribution in [3.63, 3.8) is 0 Å². The Labute approximate surface area is 154 Å². The van der Waals surface area contributed by atoms with Crippen LogP contribution in [0.5, 0.6) is 0 Å². The molecule has 0 spiro atoms. The van der Waals surface area contributed by atoms with Gasteiger partial charge in [0.1, 0.15) is 0 Å². The largest absolute Gasteiger partial charge is 0.350 e. The van der Waals surface area contributed by atoms with E-state index >= 15 is 0 Å². The highest BCUT2D eigenvalue weighted by atomic mass is 32.2. The van der Waals surface area contributed by atoms with E-state index in [1.165, 1.54) is 0 Å². The van der Waals surface area contributed by atoms with Gasteiger partial charge in [-0.05, 0) is 43.4 Å². The van der Waals surface area contributed by atoms with E-state index in [1.807, 2.05) is 25.1 Å². The Balaban J connectivity index is 1.55. The Bertz CT molecular complexity index is 798. The number of nitrogens with one attached hydrogen (secondary N) is 2. The third kappa shape index (κ3) is 4.44. The van der Waals surface area contributed by atoms with E-state index in [4.69, 9.17) is 0 Å². The predicted octanol–water partition coefficient (Wildman–Crippen LogP) is 2.50. The first kappa shape index (κ1) is 18.9. The molecule has 3 rings (SSSR count). The average Bonchev–Trinajstić information content (AvgIpc) is 3.15. The lowest BCUT2D eigenvalue weighted by atomic mass is 9.98. The molecule has 2 aliphatic rings. The molecule has 1 aromatic carbocycles. The van der Waals surface area contributed by atoms with Crippen LogP contribution in [-0.2, 0) is 25.8 Å². The Morgan fingerprint density at radius 2 is 2.00 bits per heavy atom. The molecule has 0 saturated heterocycles. The van der Waals surface area contributed by atoms with Crippen LogP contribution in [-0.4, -0.2) is 31.2 Å². The van der Waals surface area contributed by atoms with Crippen molar-refractivity contribution < 1.29 is 18.0 Å². The molecule has 6 nitrogen and oxygen atoms in total. The summed E-state index contributed by atoms with van der Waals surface area (Å²) in [4.78, 5) is 23.6. The maximum absolute atomic E-state index is 12.3. The molecule has 1 saturated carbocycles. The molecular formula is C19H26N2O4S. The van der Waals surface area contributed by atoms with E-state index in [2.05, 4.69) is 10.6 Å². The SMILES string of the molecule is C[C@@H](NC(=O)CCS(=O)(=O)C1CCCC1)c1ccc2c(c1)CCC(=O)N2. The molecule has 2 N–H and O–H groups in total. The van der Waals surface area contributed by atoms with Crippen LogP contribution in [0.3, 0.4) is 0 Å². The number of carbonyl (C=O) groups is 2. The van der Waals surface area contributed by atoms with Gasteiger partial charge in [0.05, 0.1) is 17.0 Å². The van der Waals surface area contributed by atoms with Gasteiger partial charge in [-0.1, -0.05) is 25.0 Å². The lowest BCUT2D eigenvalue weighted by Gasteiger charge is -2.20. The fourth-order valence-electron chi connectivity index (χ4n) is 3.72. The summed E-state index contributed by atoms with van der Waals surface area (Å²) in [6.45, 7) is 1.88.